The lowest BCUT2D eigenvalue weighted by atomic mass is 10.1. The van der Waals surface area contributed by atoms with Crippen LogP contribution in [0.3, 0.4) is 0 Å². The van der Waals surface area contributed by atoms with Gasteiger partial charge in [0.05, 0.1) is 0 Å². The van der Waals surface area contributed by atoms with Gasteiger partial charge in [0.1, 0.15) is 5.75 Å². The van der Waals surface area contributed by atoms with Crippen molar-refractivity contribution in [2.75, 3.05) is 0 Å². The van der Waals surface area contributed by atoms with E-state index in [4.69, 9.17) is 0 Å². The van der Waals surface area contributed by atoms with E-state index in [1.165, 1.54) is 0 Å². The Morgan fingerprint density at radius 3 is 2.87 bits per heavy atom. The van der Waals surface area contributed by atoms with E-state index in [9.17, 15) is 5.11 Å². The Bertz CT molecular complexity index is 461. The van der Waals surface area contributed by atoms with Gasteiger partial charge in [0, 0.05) is 21.9 Å². The molecule has 0 bridgehead atoms. The van der Waals surface area contributed by atoms with Gasteiger partial charge in [-0.3, -0.25) is 0 Å². The van der Waals surface area contributed by atoms with Gasteiger partial charge < -0.3 is 10.4 Å². The van der Waals surface area contributed by atoms with Crippen molar-refractivity contribution in [3.05, 3.63) is 58.4 Å². The third kappa shape index (κ3) is 2.50. The van der Waals surface area contributed by atoms with Crippen molar-refractivity contribution >= 4 is 22.0 Å². The SMILES string of the molecule is Oc1ccc(Br)cc1C=C1C=CC=CN1. The molecule has 0 aromatic heterocycles. The molecule has 15 heavy (non-hydrogen) atoms. The number of halogens is 1. The van der Waals surface area contributed by atoms with Gasteiger partial charge in [-0.15, -0.1) is 0 Å². The molecule has 2 N–H and O–H groups in total. The standard InChI is InChI=1S/C12H10BrNO/c13-10-4-5-12(15)9(7-10)8-11-3-1-2-6-14-11/h1-8,14-15H. The number of phenols is 1. The van der Waals surface area contributed by atoms with Crippen LogP contribution in [-0.2, 0) is 0 Å². The first-order valence-corrected chi connectivity index (χ1v) is 5.35. The van der Waals surface area contributed by atoms with Crippen molar-refractivity contribution < 1.29 is 5.11 Å². The molecular weight excluding hydrogens is 254 g/mol. The van der Waals surface area contributed by atoms with E-state index in [0.29, 0.717) is 0 Å². The van der Waals surface area contributed by atoms with Crippen molar-refractivity contribution in [3.63, 3.8) is 0 Å². The molecule has 0 radical (unpaired) electrons. The lowest BCUT2D eigenvalue weighted by Crippen LogP contribution is -2.04. The second kappa shape index (κ2) is 4.36. The minimum atomic E-state index is 0.274. The Hall–Kier alpha value is -1.48. The average Bonchev–Trinajstić information content (AvgIpc) is 2.25. The molecule has 1 aromatic rings. The number of nitrogens with one attached hydrogen (secondary N) is 1. The molecule has 1 aliphatic rings. The van der Waals surface area contributed by atoms with E-state index in [2.05, 4.69) is 21.2 Å². The maximum absolute atomic E-state index is 9.63. The summed E-state index contributed by atoms with van der Waals surface area (Å²) in [6, 6.07) is 5.34. The lowest BCUT2D eigenvalue weighted by molar-refractivity contribution is 0.474. The fourth-order valence-electron chi connectivity index (χ4n) is 1.31. The van der Waals surface area contributed by atoms with Crippen LogP contribution >= 0.6 is 15.9 Å². The smallest absolute Gasteiger partial charge is 0.122 e. The second-order valence-corrected chi connectivity index (χ2v) is 4.08. The van der Waals surface area contributed by atoms with Gasteiger partial charge >= 0.3 is 0 Å². The predicted octanol–water partition coefficient (Wildman–Crippen LogP) is 3.17. The molecule has 0 fully saturated rings. The molecule has 2 rings (SSSR count). The van der Waals surface area contributed by atoms with Gasteiger partial charge in [0.2, 0.25) is 0 Å². The van der Waals surface area contributed by atoms with Crippen LogP contribution in [0.5, 0.6) is 5.75 Å². The summed E-state index contributed by atoms with van der Waals surface area (Å²) >= 11 is 3.37. The van der Waals surface area contributed by atoms with Crippen LogP contribution in [0.1, 0.15) is 5.56 Å². The molecule has 0 amide bonds. The Morgan fingerprint density at radius 2 is 2.13 bits per heavy atom. The first-order valence-electron chi connectivity index (χ1n) is 4.56. The number of aromatic hydroxyl groups is 1. The van der Waals surface area contributed by atoms with E-state index in [1.807, 2.05) is 36.6 Å². The first-order chi connectivity index (χ1) is 7.25. The minimum Gasteiger partial charge on any atom is -0.507 e. The summed E-state index contributed by atoms with van der Waals surface area (Å²) in [6.07, 6.45) is 9.54. The molecule has 1 aromatic carbocycles. The van der Waals surface area contributed by atoms with Crippen LogP contribution in [0.25, 0.3) is 6.08 Å². The van der Waals surface area contributed by atoms with E-state index in [1.54, 1.807) is 12.1 Å². The number of hydrogen-bond acceptors (Lipinski definition) is 2. The fourth-order valence-corrected chi connectivity index (χ4v) is 1.68. The van der Waals surface area contributed by atoms with Crippen LogP contribution in [-0.4, -0.2) is 5.11 Å². The number of allylic oxidation sites excluding steroid dienone is 3. The highest BCUT2D eigenvalue weighted by atomic mass is 79.9. The zero-order chi connectivity index (χ0) is 10.7. The molecule has 0 spiro atoms. The van der Waals surface area contributed by atoms with Gasteiger partial charge in [-0.05, 0) is 36.4 Å². The van der Waals surface area contributed by atoms with Crippen molar-refractivity contribution in [1.82, 2.24) is 5.32 Å². The van der Waals surface area contributed by atoms with Crippen molar-refractivity contribution in [2.45, 2.75) is 0 Å². The van der Waals surface area contributed by atoms with Crippen LogP contribution in [0.4, 0.5) is 0 Å². The van der Waals surface area contributed by atoms with E-state index in [0.717, 1.165) is 15.7 Å². The van der Waals surface area contributed by atoms with Crippen LogP contribution in [0.2, 0.25) is 0 Å². The normalized spacial score (nSPS) is 16.7. The van der Waals surface area contributed by atoms with Crippen molar-refractivity contribution in [3.8, 4) is 5.75 Å². The molecule has 0 saturated heterocycles. The lowest BCUT2D eigenvalue weighted by Gasteiger charge is -2.06. The molecule has 76 valence electrons. The molecule has 0 unspecified atom stereocenters. The number of benzene rings is 1. The zero-order valence-corrected chi connectivity index (χ0v) is 9.53. The van der Waals surface area contributed by atoms with E-state index < -0.39 is 0 Å². The zero-order valence-electron chi connectivity index (χ0n) is 7.94. The molecular formula is C12H10BrNO. The maximum Gasteiger partial charge on any atom is 0.122 e. The summed E-state index contributed by atoms with van der Waals surface area (Å²) in [6.45, 7) is 0. The van der Waals surface area contributed by atoms with Crippen LogP contribution < -0.4 is 5.32 Å². The Labute approximate surface area is 96.8 Å². The molecule has 0 saturated carbocycles. The third-order valence-electron chi connectivity index (χ3n) is 2.03. The van der Waals surface area contributed by atoms with E-state index >= 15 is 0 Å². The van der Waals surface area contributed by atoms with Crippen molar-refractivity contribution in [2.24, 2.45) is 0 Å². The largest absolute Gasteiger partial charge is 0.507 e. The predicted molar refractivity (Wildman–Crippen MR) is 65.2 cm³/mol. The summed E-state index contributed by atoms with van der Waals surface area (Å²) in [5, 5.41) is 12.7. The summed E-state index contributed by atoms with van der Waals surface area (Å²) in [7, 11) is 0. The average molecular weight is 264 g/mol. The highest BCUT2D eigenvalue weighted by molar-refractivity contribution is 9.10. The highest BCUT2D eigenvalue weighted by Gasteiger charge is 2.00. The quantitative estimate of drug-likeness (QED) is 0.816. The fraction of sp³-hybridized carbons (Fsp3) is 0. The van der Waals surface area contributed by atoms with E-state index in [-0.39, 0.29) is 5.75 Å². The Morgan fingerprint density at radius 1 is 1.27 bits per heavy atom. The Kier molecular flexibility index (Phi) is 2.92. The topological polar surface area (TPSA) is 32.3 Å². The van der Waals surface area contributed by atoms with Gasteiger partial charge in [-0.25, -0.2) is 0 Å². The molecule has 0 atom stereocenters. The summed E-state index contributed by atoms with van der Waals surface area (Å²) in [5.74, 6) is 0.274. The number of dihydropyridines is 1. The number of phenolic OH excluding ortho intramolecular Hbond substituents is 1. The first kappa shape index (κ1) is 10.1. The number of hydrogen-bond donors (Lipinski definition) is 2. The highest BCUT2D eigenvalue weighted by Crippen LogP contribution is 2.24. The minimum absolute atomic E-state index is 0.274. The van der Waals surface area contributed by atoms with Crippen molar-refractivity contribution in [1.29, 1.82) is 0 Å². The van der Waals surface area contributed by atoms with Gasteiger partial charge in [-0.1, -0.05) is 22.0 Å². The molecule has 3 heteroatoms. The summed E-state index contributed by atoms with van der Waals surface area (Å²) in [4.78, 5) is 0. The van der Waals surface area contributed by atoms with Crippen LogP contribution in [0.15, 0.2) is 52.8 Å². The summed E-state index contributed by atoms with van der Waals surface area (Å²) in [5.41, 5.74) is 1.73. The van der Waals surface area contributed by atoms with Crippen LogP contribution in [0, 0.1) is 0 Å². The maximum atomic E-state index is 9.63. The Balaban J connectivity index is 2.34. The second-order valence-electron chi connectivity index (χ2n) is 3.17. The van der Waals surface area contributed by atoms with Gasteiger partial charge in [0.15, 0.2) is 0 Å². The number of rotatable bonds is 1. The third-order valence-corrected chi connectivity index (χ3v) is 2.53. The van der Waals surface area contributed by atoms with Gasteiger partial charge in [-0.2, -0.15) is 0 Å². The molecule has 1 aliphatic heterocycles. The monoisotopic (exact) mass is 263 g/mol. The summed E-state index contributed by atoms with van der Waals surface area (Å²) < 4.78 is 0.947. The molecule has 0 aliphatic carbocycles. The molecule has 2 nitrogen and oxygen atoms in total. The van der Waals surface area contributed by atoms with Gasteiger partial charge in [0.25, 0.3) is 0 Å². The molecule has 1 heterocycles.